The van der Waals surface area contributed by atoms with Crippen LogP contribution in [-0.2, 0) is 25.7 Å². The summed E-state index contributed by atoms with van der Waals surface area (Å²) in [5.41, 5.74) is -2.40. The van der Waals surface area contributed by atoms with E-state index in [0.29, 0.717) is 6.07 Å². The largest absolute Gasteiger partial charge is 0.464 e. The molecular weight excluding hydrogens is 287 g/mol. The SMILES string of the molecule is COC(=O)C1=NS(=O)(=O)c2c1cccc2C(F)(F)F. The molecule has 0 amide bonds. The van der Waals surface area contributed by atoms with Gasteiger partial charge in [0.25, 0.3) is 10.0 Å². The van der Waals surface area contributed by atoms with Crippen molar-refractivity contribution in [1.29, 1.82) is 0 Å². The van der Waals surface area contributed by atoms with Crippen LogP contribution in [-0.4, -0.2) is 27.2 Å². The van der Waals surface area contributed by atoms with Crippen LogP contribution in [0.1, 0.15) is 11.1 Å². The van der Waals surface area contributed by atoms with E-state index in [9.17, 15) is 26.4 Å². The number of rotatable bonds is 1. The quantitative estimate of drug-likeness (QED) is 0.733. The number of carbonyl (C=O) groups is 1. The second-order valence-corrected chi connectivity index (χ2v) is 5.13. The zero-order valence-electron chi connectivity index (χ0n) is 9.35. The van der Waals surface area contributed by atoms with E-state index < -0.39 is 43.9 Å². The molecule has 1 aliphatic rings. The molecule has 0 fully saturated rings. The molecule has 19 heavy (non-hydrogen) atoms. The second-order valence-electron chi connectivity index (χ2n) is 3.59. The molecule has 1 aliphatic heterocycles. The summed E-state index contributed by atoms with van der Waals surface area (Å²) in [6.07, 6.45) is -4.86. The van der Waals surface area contributed by atoms with Gasteiger partial charge in [-0.25, -0.2) is 4.79 Å². The highest BCUT2D eigenvalue weighted by atomic mass is 32.2. The number of alkyl halides is 3. The third-order valence-corrected chi connectivity index (χ3v) is 3.80. The molecule has 0 saturated heterocycles. The lowest BCUT2D eigenvalue weighted by molar-refractivity contribution is -0.140. The topological polar surface area (TPSA) is 72.8 Å². The molecule has 102 valence electrons. The summed E-state index contributed by atoms with van der Waals surface area (Å²) in [5, 5.41) is 0. The number of nitrogens with zero attached hydrogens (tertiary/aromatic N) is 1. The average molecular weight is 293 g/mol. The maximum Gasteiger partial charge on any atom is 0.417 e. The number of esters is 1. The second kappa shape index (κ2) is 4.05. The van der Waals surface area contributed by atoms with Crippen molar-refractivity contribution >= 4 is 21.7 Å². The first-order chi connectivity index (χ1) is 8.68. The van der Waals surface area contributed by atoms with Crippen LogP contribution >= 0.6 is 0 Å². The third-order valence-electron chi connectivity index (χ3n) is 2.42. The van der Waals surface area contributed by atoms with Crippen LogP contribution in [0.3, 0.4) is 0 Å². The normalized spacial score (nSPS) is 16.7. The van der Waals surface area contributed by atoms with Gasteiger partial charge in [0.2, 0.25) is 0 Å². The minimum absolute atomic E-state index is 0.401. The maximum atomic E-state index is 12.8. The van der Waals surface area contributed by atoms with E-state index in [-0.39, 0.29) is 0 Å². The van der Waals surface area contributed by atoms with E-state index in [1.54, 1.807) is 0 Å². The summed E-state index contributed by atoms with van der Waals surface area (Å²) in [7, 11) is -3.58. The molecule has 0 N–H and O–H groups in total. The van der Waals surface area contributed by atoms with Crippen LogP contribution in [0, 0.1) is 0 Å². The number of benzene rings is 1. The van der Waals surface area contributed by atoms with Crippen molar-refractivity contribution in [3.8, 4) is 0 Å². The van der Waals surface area contributed by atoms with Gasteiger partial charge in [-0.1, -0.05) is 12.1 Å². The average Bonchev–Trinajstić information content (AvgIpc) is 2.60. The van der Waals surface area contributed by atoms with Gasteiger partial charge in [0, 0.05) is 5.56 Å². The number of fused-ring (bicyclic) bond motifs is 1. The van der Waals surface area contributed by atoms with Crippen LogP contribution in [0.4, 0.5) is 13.2 Å². The number of methoxy groups -OCH3 is 1. The number of halogens is 3. The molecular formula is C10H6F3NO4S. The van der Waals surface area contributed by atoms with Crippen molar-refractivity contribution in [2.75, 3.05) is 7.11 Å². The predicted molar refractivity (Wildman–Crippen MR) is 57.2 cm³/mol. The number of hydrogen-bond donors (Lipinski definition) is 0. The van der Waals surface area contributed by atoms with Crippen molar-refractivity contribution in [3.05, 3.63) is 29.3 Å². The Morgan fingerprint density at radius 2 is 1.95 bits per heavy atom. The Morgan fingerprint density at radius 1 is 1.32 bits per heavy atom. The molecule has 0 atom stereocenters. The molecule has 0 aromatic heterocycles. The summed E-state index contributed by atoms with van der Waals surface area (Å²) in [5.74, 6) is -1.11. The van der Waals surface area contributed by atoms with E-state index in [4.69, 9.17) is 0 Å². The van der Waals surface area contributed by atoms with E-state index in [0.717, 1.165) is 19.2 Å². The Labute approximate surface area is 105 Å². The summed E-state index contributed by atoms with van der Waals surface area (Å²) in [6.45, 7) is 0. The first-order valence-corrected chi connectivity index (χ1v) is 6.26. The lowest BCUT2D eigenvalue weighted by atomic mass is 10.1. The molecule has 1 heterocycles. The maximum absolute atomic E-state index is 12.8. The van der Waals surface area contributed by atoms with Crippen LogP contribution < -0.4 is 0 Å². The van der Waals surface area contributed by atoms with Gasteiger partial charge in [-0.3, -0.25) is 0 Å². The first kappa shape index (κ1) is 13.5. The highest BCUT2D eigenvalue weighted by molar-refractivity contribution is 7.91. The van der Waals surface area contributed by atoms with Gasteiger partial charge in [-0.05, 0) is 6.07 Å². The lowest BCUT2D eigenvalue weighted by Gasteiger charge is -2.10. The number of carbonyl (C=O) groups excluding carboxylic acids is 1. The zero-order valence-corrected chi connectivity index (χ0v) is 10.2. The molecule has 9 heteroatoms. The number of hydrogen-bond acceptors (Lipinski definition) is 4. The first-order valence-electron chi connectivity index (χ1n) is 4.82. The fraction of sp³-hybridized carbons (Fsp3) is 0.200. The van der Waals surface area contributed by atoms with Gasteiger partial charge < -0.3 is 4.74 Å². The number of sulfonamides is 1. The standard InChI is InChI=1S/C10H6F3NO4S/c1-18-9(15)7-5-3-2-4-6(10(11,12)13)8(5)19(16,17)14-7/h2-4H,1H3. The molecule has 0 saturated carbocycles. The monoisotopic (exact) mass is 293 g/mol. The Bertz CT molecular complexity index is 691. The molecule has 1 aromatic rings. The summed E-state index contributed by atoms with van der Waals surface area (Å²) >= 11 is 0. The smallest absolute Gasteiger partial charge is 0.417 e. The fourth-order valence-corrected chi connectivity index (χ4v) is 3.09. The van der Waals surface area contributed by atoms with Crippen molar-refractivity contribution in [2.24, 2.45) is 4.40 Å². The molecule has 1 aromatic carbocycles. The van der Waals surface area contributed by atoms with Crippen LogP contribution in [0.15, 0.2) is 27.5 Å². The van der Waals surface area contributed by atoms with Crippen LogP contribution in [0.5, 0.6) is 0 Å². The zero-order chi connectivity index (χ0) is 14.4. The Morgan fingerprint density at radius 3 is 2.47 bits per heavy atom. The van der Waals surface area contributed by atoms with Gasteiger partial charge >= 0.3 is 12.1 Å². The summed E-state index contributed by atoms with van der Waals surface area (Å²) in [4.78, 5) is 10.3. The summed E-state index contributed by atoms with van der Waals surface area (Å²) in [6, 6.07) is 2.69. The molecule has 2 rings (SSSR count). The van der Waals surface area contributed by atoms with E-state index in [2.05, 4.69) is 9.13 Å². The van der Waals surface area contributed by atoms with Crippen molar-refractivity contribution < 1.29 is 31.1 Å². The predicted octanol–water partition coefficient (Wildman–Crippen LogP) is 1.37. The van der Waals surface area contributed by atoms with Gasteiger partial charge in [-0.2, -0.15) is 26.0 Å². The Hall–Kier alpha value is -1.90. The Kier molecular flexibility index (Phi) is 2.89. The van der Waals surface area contributed by atoms with E-state index >= 15 is 0 Å². The molecule has 0 radical (unpaired) electrons. The minimum atomic E-state index is -4.86. The van der Waals surface area contributed by atoms with Gasteiger partial charge in [0.05, 0.1) is 12.7 Å². The fourth-order valence-electron chi connectivity index (χ4n) is 1.68. The van der Waals surface area contributed by atoms with Crippen LogP contribution in [0.25, 0.3) is 0 Å². The van der Waals surface area contributed by atoms with Gasteiger partial charge in [0.1, 0.15) is 4.90 Å². The Balaban J connectivity index is 2.78. The van der Waals surface area contributed by atoms with Gasteiger partial charge in [0.15, 0.2) is 5.71 Å². The molecule has 0 unspecified atom stereocenters. The van der Waals surface area contributed by atoms with Crippen molar-refractivity contribution in [1.82, 2.24) is 0 Å². The molecule has 5 nitrogen and oxygen atoms in total. The molecule has 0 spiro atoms. The molecule has 0 bridgehead atoms. The highest BCUT2D eigenvalue weighted by Crippen LogP contribution is 2.39. The summed E-state index contributed by atoms with van der Waals surface area (Å²) < 4.78 is 68.9. The lowest BCUT2D eigenvalue weighted by Crippen LogP contribution is -2.16. The third kappa shape index (κ3) is 2.09. The highest BCUT2D eigenvalue weighted by Gasteiger charge is 2.43. The van der Waals surface area contributed by atoms with E-state index in [1.807, 2.05) is 0 Å². The molecule has 0 aliphatic carbocycles. The van der Waals surface area contributed by atoms with Crippen molar-refractivity contribution in [2.45, 2.75) is 11.1 Å². The van der Waals surface area contributed by atoms with Crippen molar-refractivity contribution in [3.63, 3.8) is 0 Å². The minimum Gasteiger partial charge on any atom is -0.464 e. The van der Waals surface area contributed by atoms with Gasteiger partial charge in [-0.15, -0.1) is 0 Å². The number of ether oxygens (including phenoxy) is 1. The van der Waals surface area contributed by atoms with E-state index in [1.165, 1.54) is 0 Å². The van der Waals surface area contributed by atoms with Crippen LogP contribution in [0.2, 0.25) is 0 Å².